The van der Waals surface area contributed by atoms with Crippen LogP contribution in [0, 0.1) is 5.92 Å². The fourth-order valence-electron chi connectivity index (χ4n) is 2.08. The molecule has 2 rings (SSSR count). The van der Waals surface area contributed by atoms with E-state index in [0.29, 0.717) is 5.92 Å². The lowest BCUT2D eigenvalue weighted by atomic mass is 9.95. The number of halogens is 1. The van der Waals surface area contributed by atoms with Gasteiger partial charge in [-0.1, -0.05) is 32.0 Å². The molecule has 1 heterocycles. The van der Waals surface area contributed by atoms with Gasteiger partial charge in [0.15, 0.2) is 0 Å². The van der Waals surface area contributed by atoms with Gasteiger partial charge in [-0.3, -0.25) is 4.98 Å². The predicted octanol–water partition coefficient (Wildman–Crippen LogP) is 3.70. The molecule has 0 amide bonds. The predicted molar refractivity (Wildman–Crippen MR) is 75.4 cm³/mol. The van der Waals surface area contributed by atoms with E-state index in [4.69, 9.17) is 5.73 Å². The van der Waals surface area contributed by atoms with Crippen molar-refractivity contribution in [3.05, 3.63) is 42.1 Å². The van der Waals surface area contributed by atoms with Crippen molar-refractivity contribution < 1.29 is 0 Å². The van der Waals surface area contributed by atoms with Crippen LogP contribution < -0.4 is 5.73 Å². The molecule has 0 saturated heterocycles. The van der Waals surface area contributed by atoms with Crippen LogP contribution in [-0.4, -0.2) is 4.98 Å². The van der Waals surface area contributed by atoms with Crippen LogP contribution in [0.3, 0.4) is 0 Å². The monoisotopic (exact) mass is 250 g/mol. The van der Waals surface area contributed by atoms with Gasteiger partial charge >= 0.3 is 0 Å². The van der Waals surface area contributed by atoms with Crippen molar-refractivity contribution in [2.45, 2.75) is 26.3 Å². The number of pyridine rings is 1. The third-order valence-electron chi connectivity index (χ3n) is 2.81. The largest absolute Gasteiger partial charge is 0.324 e. The smallest absolute Gasteiger partial charge is 0.0705 e. The first kappa shape index (κ1) is 13.9. The zero-order valence-electron chi connectivity index (χ0n) is 10.3. The molecular weight excluding hydrogens is 232 g/mol. The van der Waals surface area contributed by atoms with Gasteiger partial charge in [0.25, 0.3) is 0 Å². The first-order chi connectivity index (χ1) is 7.68. The van der Waals surface area contributed by atoms with E-state index in [0.717, 1.165) is 11.9 Å². The number of rotatable bonds is 3. The first-order valence-electron chi connectivity index (χ1n) is 5.77. The number of fused-ring (bicyclic) bond motifs is 1. The van der Waals surface area contributed by atoms with E-state index in [1.54, 1.807) is 0 Å². The summed E-state index contributed by atoms with van der Waals surface area (Å²) in [6, 6.07) is 10.3. The van der Waals surface area contributed by atoms with Gasteiger partial charge in [0, 0.05) is 17.6 Å². The molecule has 0 bridgehead atoms. The van der Waals surface area contributed by atoms with Crippen LogP contribution in [-0.2, 0) is 0 Å². The molecule has 92 valence electrons. The van der Waals surface area contributed by atoms with Crippen molar-refractivity contribution in [1.29, 1.82) is 0 Å². The molecule has 2 aromatic rings. The normalized spacial score (nSPS) is 12.5. The van der Waals surface area contributed by atoms with Crippen LogP contribution in [0.1, 0.15) is 31.9 Å². The van der Waals surface area contributed by atoms with Crippen LogP contribution in [0.5, 0.6) is 0 Å². The summed E-state index contributed by atoms with van der Waals surface area (Å²) in [5.74, 6) is 0.613. The molecule has 1 atom stereocenters. The number of hydrogen-bond acceptors (Lipinski definition) is 2. The molecule has 0 aliphatic heterocycles. The van der Waals surface area contributed by atoms with Gasteiger partial charge in [0.1, 0.15) is 0 Å². The Bertz CT molecular complexity index is 477. The summed E-state index contributed by atoms with van der Waals surface area (Å²) in [6.07, 6.45) is 2.85. The zero-order valence-corrected chi connectivity index (χ0v) is 11.1. The Labute approximate surface area is 109 Å². The lowest BCUT2D eigenvalue weighted by Gasteiger charge is -2.16. The SMILES string of the molecule is CC(C)C[C@@H](N)c1ccnc2ccccc12.Cl. The molecule has 1 aromatic heterocycles. The Kier molecular flexibility index (Phi) is 4.91. The van der Waals surface area contributed by atoms with Gasteiger partial charge in [0.2, 0.25) is 0 Å². The van der Waals surface area contributed by atoms with Gasteiger partial charge in [-0.2, -0.15) is 0 Å². The maximum absolute atomic E-state index is 6.23. The molecule has 2 nitrogen and oxygen atoms in total. The highest BCUT2D eigenvalue weighted by molar-refractivity contribution is 5.85. The topological polar surface area (TPSA) is 38.9 Å². The minimum Gasteiger partial charge on any atom is -0.324 e. The molecule has 0 saturated carbocycles. The van der Waals surface area contributed by atoms with E-state index >= 15 is 0 Å². The lowest BCUT2D eigenvalue weighted by molar-refractivity contribution is 0.512. The number of nitrogens with zero attached hydrogens (tertiary/aromatic N) is 1. The molecule has 17 heavy (non-hydrogen) atoms. The number of aromatic nitrogens is 1. The Morgan fingerprint density at radius 1 is 1.18 bits per heavy atom. The minimum atomic E-state index is 0. The summed E-state index contributed by atoms with van der Waals surface area (Å²) >= 11 is 0. The van der Waals surface area contributed by atoms with Crippen molar-refractivity contribution in [3.8, 4) is 0 Å². The second-order valence-electron chi connectivity index (χ2n) is 4.65. The zero-order chi connectivity index (χ0) is 11.5. The molecule has 0 spiro atoms. The molecular formula is C14H19ClN2. The second kappa shape index (κ2) is 5.99. The van der Waals surface area contributed by atoms with Gasteiger partial charge in [-0.15, -0.1) is 12.4 Å². The van der Waals surface area contributed by atoms with E-state index in [9.17, 15) is 0 Å². The lowest BCUT2D eigenvalue weighted by Crippen LogP contribution is -2.13. The standard InChI is InChI=1S/C14H18N2.ClH/c1-10(2)9-13(15)11-7-8-16-14-6-4-3-5-12(11)14;/h3-8,10,13H,9,15H2,1-2H3;1H/t13-;/m1./s1. The molecule has 3 heteroatoms. The maximum Gasteiger partial charge on any atom is 0.0705 e. The quantitative estimate of drug-likeness (QED) is 0.902. The summed E-state index contributed by atoms with van der Waals surface area (Å²) < 4.78 is 0. The average Bonchev–Trinajstić information content (AvgIpc) is 2.27. The molecule has 0 radical (unpaired) electrons. The average molecular weight is 251 g/mol. The maximum atomic E-state index is 6.23. The van der Waals surface area contributed by atoms with Crippen LogP contribution in [0.2, 0.25) is 0 Å². The van der Waals surface area contributed by atoms with Crippen molar-refractivity contribution >= 4 is 23.3 Å². The first-order valence-corrected chi connectivity index (χ1v) is 5.77. The van der Waals surface area contributed by atoms with E-state index in [2.05, 4.69) is 24.9 Å². The molecule has 0 aliphatic rings. The van der Waals surface area contributed by atoms with Gasteiger partial charge in [0.05, 0.1) is 5.52 Å². The number of hydrogen-bond donors (Lipinski definition) is 1. The van der Waals surface area contributed by atoms with Crippen molar-refractivity contribution in [2.75, 3.05) is 0 Å². The highest BCUT2D eigenvalue weighted by Gasteiger charge is 2.11. The third kappa shape index (κ3) is 3.18. The van der Waals surface area contributed by atoms with Crippen molar-refractivity contribution in [1.82, 2.24) is 4.98 Å². The molecule has 0 unspecified atom stereocenters. The van der Waals surface area contributed by atoms with Crippen molar-refractivity contribution in [3.63, 3.8) is 0 Å². The van der Waals surface area contributed by atoms with E-state index in [1.165, 1.54) is 10.9 Å². The number of para-hydroxylation sites is 1. The highest BCUT2D eigenvalue weighted by Crippen LogP contribution is 2.25. The van der Waals surface area contributed by atoms with Crippen LogP contribution in [0.25, 0.3) is 10.9 Å². The second-order valence-corrected chi connectivity index (χ2v) is 4.65. The van der Waals surface area contributed by atoms with E-state index in [-0.39, 0.29) is 18.4 Å². The molecule has 0 fully saturated rings. The summed E-state index contributed by atoms with van der Waals surface area (Å²) in [4.78, 5) is 4.35. The molecule has 1 aromatic carbocycles. The Balaban J connectivity index is 0.00000144. The van der Waals surface area contributed by atoms with Gasteiger partial charge in [-0.25, -0.2) is 0 Å². The number of benzene rings is 1. The van der Waals surface area contributed by atoms with Crippen LogP contribution in [0.15, 0.2) is 36.5 Å². The van der Waals surface area contributed by atoms with Gasteiger partial charge < -0.3 is 5.73 Å². The minimum absolute atomic E-state index is 0. The summed E-state index contributed by atoms with van der Waals surface area (Å²) in [7, 11) is 0. The summed E-state index contributed by atoms with van der Waals surface area (Å²) in [5, 5.41) is 1.18. The van der Waals surface area contributed by atoms with Crippen molar-refractivity contribution in [2.24, 2.45) is 11.7 Å². The van der Waals surface area contributed by atoms with Gasteiger partial charge in [-0.05, 0) is 30.0 Å². The summed E-state index contributed by atoms with van der Waals surface area (Å²) in [6.45, 7) is 4.40. The Morgan fingerprint density at radius 2 is 1.88 bits per heavy atom. The van der Waals surface area contributed by atoms with Crippen LogP contribution >= 0.6 is 12.4 Å². The van der Waals surface area contributed by atoms with E-state index in [1.807, 2.05) is 30.5 Å². The Hall–Kier alpha value is -1.12. The molecule has 0 aliphatic carbocycles. The fourth-order valence-corrected chi connectivity index (χ4v) is 2.08. The third-order valence-corrected chi connectivity index (χ3v) is 2.81. The molecule has 2 N–H and O–H groups in total. The fraction of sp³-hybridized carbons (Fsp3) is 0.357. The number of nitrogens with two attached hydrogens (primary N) is 1. The van der Waals surface area contributed by atoms with Crippen LogP contribution in [0.4, 0.5) is 0 Å². The van der Waals surface area contributed by atoms with E-state index < -0.39 is 0 Å². The summed E-state index contributed by atoms with van der Waals surface area (Å²) in [5.41, 5.74) is 8.47. The highest BCUT2D eigenvalue weighted by atomic mass is 35.5. The Morgan fingerprint density at radius 3 is 2.59 bits per heavy atom.